The predicted molar refractivity (Wildman–Crippen MR) is 151 cm³/mol. The van der Waals surface area contributed by atoms with Crippen molar-refractivity contribution in [3.63, 3.8) is 0 Å². The molecule has 7 rings (SSSR count). The Bertz CT molecular complexity index is 1500. The number of ether oxygens (including phenoxy) is 1. The number of aromatic amines is 1. The number of H-pyrrole nitrogens is 1. The Kier molecular flexibility index (Phi) is 6.04. The highest BCUT2D eigenvalue weighted by molar-refractivity contribution is 6.22. The van der Waals surface area contributed by atoms with Crippen molar-refractivity contribution in [1.82, 2.24) is 9.88 Å². The van der Waals surface area contributed by atoms with Crippen molar-refractivity contribution in [1.29, 1.82) is 0 Å². The predicted octanol–water partition coefficient (Wildman–Crippen LogP) is 5.14. The summed E-state index contributed by atoms with van der Waals surface area (Å²) in [5.74, 6) is 0.0220. The highest BCUT2D eigenvalue weighted by Gasteiger charge is 2.42. The van der Waals surface area contributed by atoms with Crippen LogP contribution in [0.15, 0.2) is 77.8 Å². The van der Waals surface area contributed by atoms with Gasteiger partial charge in [-0.15, -0.1) is 0 Å². The molecule has 0 aliphatic carbocycles. The second kappa shape index (κ2) is 9.54. The van der Waals surface area contributed by atoms with Crippen LogP contribution in [-0.4, -0.2) is 73.2 Å². The van der Waals surface area contributed by atoms with Crippen LogP contribution in [-0.2, 0) is 4.74 Å². The first-order chi connectivity index (χ1) is 18.4. The molecule has 2 atom stereocenters. The van der Waals surface area contributed by atoms with Gasteiger partial charge in [0.25, 0.3) is 0 Å². The van der Waals surface area contributed by atoms with Gasteiger partial charge in [0, 0.05) is 60.1 Å². The van der Waals surface area contributed by atoms with Crippen LogP contribution in [0, 0.1) is 0 Å². The highest BCUT2D eigenvalue weighted by atomic mass is 16.5. The monoisotopic (exact) mass is 509 g/mol. The lowest BCUT2D eigenvalue weighted by atomic mass is 9.88. The number of piperidine rings is 1. The molecule has 3 aliphatic heterocycles. The quantitative estimate of drug-likeness (QED) is 0.364. The number of methoxy groups -OCH3 is 1. The number of fused-ring (bicyclic) bond motifs is 3. The Morgan fingerprint density at radius 1 is 1.05 bits per heavy atom. The molecule has 1 amide bonds. The van der Waals surface area contributed by atoms with Gasteiger partial charge in [0.1, 0.15) is 0 Å². The molecule has 2 N–H and O–H groups in total. The number of carbonyl (C=O) groups excluding carboxylic acids is 1. The smallest absolute Gasteiger partial charge is 0.413 e. The molecule has 3 aromatic carbocycles. The maximum atomic E-state index is 12.1. The minimum absolute atomic E-state index is 0.0220. The van der Waals surface area contributed by atoms with E-state index in [-0.39, 0.29) is 5.88 Å². The van der Waals surface area contributed by atoms with Gasteiger partial charge in [-0.05, 0) is 55.9 Å². The number of carbonyl (C=O) groups is 1. The number of aromatic nitrogens is 1. The van der Waals surface area contributed by atoms with Crippen LogP contribution in [0.3, 0.4) is 0 Å². The van der Waals surface area contributed by atoms with Gasteiger partial charge in [0.2, 0.25) is 0 Å². The zero-order chi connectivity index (χ0) is 26.4. The molecular formula is C30H31N5O3. The van der Waals surface area contributed by atoms with Crippen molar-refractivity contribution >= 4 is 39.8 Å². The van der Waals surface area contributed by atoms with Crippen molar-refractivity contribution < 1.29 is 14.6 Å². The SMILES string of the molecule is COC(=O)N(C)c1ccc2[nH]c(O)c(C(=Nc3ccc(N4CC5CC(C4)N5C)cc3)c3ccccc3)c2c1. The highest BCUT2D eigenvalue weighted by Crippen LogP contribution is 2.36. The normalized spacial score (nSPS) is 19.3. The van der Waals surface area contributed by atoms with Crippen LogP contribution in [0.5, 0.6) is 5.88 Å². The fraction of sp³-hybridized carbons (Fsp3) is 0.267. The molecule has 0 spiro atoms. The molecule has 2 bridgehead atoms. The molecule has 8 heteroatoms. The van der Waals surface area contributed by atoms with Crippen molar-refractivity contribution in [2.24, 2.45) is 4.99 Å². The fourth-order valence-corrected chi connectivity index (χ4v) is 5.59. The maximum Gasteiger partial charge on any atom is 0.413 e. The number of anilines is 2. The number of hydrogen-bond acceptors (Lipinski definition) is 6. The standard InChI is InChI=1S/C30H31N5O3/c1-33-23-15-24(33)18-35(17-23)21-11-9-20(10-12-21)31-28(19-7-5-4-6-8-19)27-25-16-22(34(2)30(37)38-3)13-14-26(25)32-29(27)36/h4-14,16,23-24,32,36H,15,17-18H2,1-3H3. The molecule has 3 fully saturated rings. The van der Waals surface area contributed by atoms with Crippen LogP contribution in [0.2, 0.25) is 0 Å². The maximum absolute atomic E-state index is 12.1. The molecule has 0 saturated carbocycles. The summed E-state index contributed by atoms with van der Waals surface area (Å²) in [5, 5.41) is 11.8. The summed E-state index contributed by atoms with van der Waals surface area (Å²) in [6.45, 7) is 2.10. The second-order valence-electron chi connectivity index (χ2n) is 10.1. The van der Waals surface area contributed by atoms with Crippen LogP contribution in [0.4, 0.5) is 21.9 Å². The number of nitrogens with zero attached hydrogens (tertiary/aromatic N) is 4. The molecule has 2 unspecified atom stereocenters. The van der Waals surface area contributed by atoms with Gasteiger partial charge < -0.3 is 19.7 Å². The Labute approximate surface area is 221 Å². The molecule has 3 aliphatic rings. The van der Waals surface area contributed by atoms with Crippen molar-refractivity contribution in [3.05, 3.63) is 83.9 Å². The fourth-order valence-electron chi connectivity index (χ4n) is 5.59. The summed E-state index contributed by atoms with van der Waals surface area (Å²) >= 11 is 0. The lowest BCUT2D eigenvalue weighted by Crippen LogP contribution is -2.67. The first kappa shape index (κ1) is 24.1. The van der Waals surface area contributed by atoms with E-state index < -0.39 is 6.09 Å². The average Bonchev–Trinajstić information content (AvgIpc) is 3.30. The van der Waals surface area contributed by atoms with E-state index in [0.29, 0.717) is 29.0 Å². The van der Waals surface area contributed by atoms with Gasteiger partial charge in [-0.1, -0.05) is 30.3 Å². The summed E-state index contributed by atoms with van der Waals surface area (Å²) in [5.41, 5.74) is 5.48. The van der Waals surface area contributed by atoms with Crippen LogP contribution >= 0.6 is 0 Å². The van der Waals surface area contributed by atoms with E-state index in [1.54, 1.807) is 13.1 Å². The van der Waals surface area contributed by atoms with Gasteiger partial charge in [-0.3, -0.25) is 9.80 Å². The summed E-state index contributed by atoms with van der Waals surface area (Å²) in [6.07, 6.45) is 0.821. The number of hydrogen-bond donors (Lipinski definition) is 2. The van der Waals surface area contributed by atoms with E-state index in [0.717, 1.165) is 35.2 Å². The Balaban J connectivity index is 1.40. The van der Waals surface area contributed by atoms with Gasteiger partial charge in [0.15, 0.2) is 5.88 Å². The van der Waals surface area contributed by atoms with E-state index in [1.807, 2.05) is 54.6 Å². The summed E-state index contributed by atoms with van der Waals surface area (Å²) < 4.78 is 4.88. The largest absolute Gasteiger partial charge is 0.494 e. The number of amides is 1. The van der Waals surface area contributed by atoms with Gasteiger partial charge in [0.05, 0.1) is 24.1 Å². The Hall–Kier alpha value is -4.30. The third-order valence-corrected chi connectivity index (χ3v) is 7.90. The molecule has 38 heavy (non-hydrogen) atoms. The van der Waals surface area contributed by atoms with Gasteiger partial charge in [-0.2, -0.15) is 0 Å². The lowest BCUT2D eigenvalue weighted by Gasteiger charge is -2.55. The number of benzene rings is 3. The molecule has 3 saturated heterocycles. The molecule has 1 aromatic heterocycles. The number of piperazine rings is 1. The van der Waals surface area contributed by atoms with E-state index in [4.69, 9.17) is 9.73 Å². The second-order valence-corrected chi connectivity index (χ2v) is 10.1. The van der Waals surface area contributed by atoms with Gasteiger partial charge in [-0.25, -0.2) is 9.79 Å². The number of likely N-dealkylation sites (N-methyl/N-ethyl adjacent to an activating group) is 1. The summed E-state index contributed by atoms with van der Waals surface area (Å²) in [6, 6.07) is 24.9. The van der Waals surface area contributed by atoms with Crippen molar-refractivity contribution in [2.45, 2.75) is 18.5 Å². The first-order valence-corrected chi connectivity index (χ1v) is 12.8. The number of nitrogens with one attached hydrogen (secondary N) is 1. The summed E-state index contributed by atoms with van der Waals surface area (Å²) in [7, 11) is 5.22. The molecular weight excluding hydrogens is 478 g/mol. The number of aliphatic imine (C=N–C) groups is 1. The minimum atomic E-state index is -0.472. The number of aromatic hydroxyl groups is 1. The van der Waals surface area contributed by atoms with Crippen LogP contribution in [0.25, 0.3) is 10.9 Å². The minimum Gasteiger partial charge on any atom is -0.494 e. The lowest BCUT2D eigenvalue weighted by molar-refractivity contribution is 0.0264. The van der Waals surface area contributed by atoms with E-state index in [9.17, 15) is 9.90 Å². The molecule has 4 heterocycles. The summed E-state index contributed by atoms with van der Waals surface area (Å²) in [4.78, 5) is 26.6. The molecule has 8 nitrogen and oxygen atoms in total. The van der Waals surface area contributed by atoms with Crippen LogP contribution < -0.4 is 9.80 Å². The molecule has 194 valence electrons. The van der Waals surface area contributed by atoms with E-state index >= 15 is 0 Å². The molecule has 4 aromatic rings. The zero-order valence-corrected chi connectivity index (χ0v) is 21.8. The van der Waals surface area contributed by atoms with Crippen LogP contribution in [0.1, 0.15) is 17.5 Å². The number of rotatable bonds is 5. The first-order valence-electron chi connectivity index (χ1n) is 12.8. The Morgan fingerprint density at radius 2 is 1.76 bits per heavy atom. The van der Waals surface area contributed by atoms with Crippen molar-refractivity contribution in [2.75, 3.05) is 44.1 Å². The topological polar surface area (TPSA) is 84.4 Å². The van der Waals surface area contributed by atoms with E-state index in [2.05, 4.69) is 34.0 Å². The Morgan fingerprint density at radius 3 is 2.42 bits per heavy atom. The third kappa shape index (κ3) is 4.16. The van der Waals surface area contributed by atoms with Gasteiger partial charge >= 0.3 is 6.09 Å². The third-order valence-electron chi connectivity index (χ3n) is 7.90. The molecule has 0 radical (unpaired) electrons. The van der Waals surface area contributed by atoms with Crippen molar-refractivity contribution in [3.8, 4) is 5.88 Å². The average molecular weight is 510 g/mol. The van der Waals surface area contributed by atoms with E-state index in [1.165, 1.54) is 24.1 Å². The zero-order valence-electron chi connectivity index (χ0n) is 21.8.